The summed E-state index contributed by atoms with van der Waals surface area (Å²) in [5.41, 5.74) is 0.427. The molecule has 2 heterocycles. The van der Waals surface area contributed by atoms with Crippen molar-refractivity contribution in [3.63, 3.8) is 0 Å². The molecule has 0 saturated heterocycles. The van der Waals surface area contributed by atoms with Gasteiger partial charge in [-0.1, -0.05) is 35.3 Å². The molecule has 0 N–H and O–H groups in total. The molecule has 0 bridgehead atoms. The number of Topliss-reactive ketones (excluding diaryl/α,β-unsaturated/α-hetero) is 1. The van der Waals surface area contributed by atoms with E-state index in [9.17, 15) is 22.4 Å². The number of halogens is 3. The van der Waals surface area contributed by atoms with Crippen LogP contribution in [0.4, 0.5) is 4.39 Å². The smallest absolute Gasteiger partial charge is 0.263 e. The lowest BCUT2D eigenvalue weighted by Gasteiger charge is -2.11. The van der Waals surface area contributed by atoms with Gasteiger partial charge in [0, 0.05) is 12.6 Å². The summed E-state index contributed by atoms with van der Waals surface area (Å²) in [6, 6.07) is 13.1. The minimum atomic E-state index is -3.77. The number of aromatic nitrogens is 1. The largest absolute Gasteiger partial charge is 0.298 e. The third kappa shape index (κ3) is 4.63. The lowest BCUT2D eigenvalue weighted by molar-refractivity contribution is -0.116. The number of fused-ring (bicyclic) bond motifs is 1. The molecule has 4 rings (SSSR count). The van der Waals surface area contributed by atoms with Gasteiger partial charge in [-0.2, -0.15) is 0 Å². The van der Waals surface area contributed by atoms with E-state index >= 15 is 0 Å². The highest BCUT2D eigenvalue weighted by molar-refractivity contribution is 7.94. The van der Waals surface area contributed by atoms with Crippen molar-refractivity contribution in [3.05, 3.63) is 91.9 Å². The highest BCUT2D eigenvalue weighted by Crippen LogP contribution is 2.27. The Morgan fingerprint density at radius 2 is 1.81 bits per heavy atom. The maximum absolute atomic E-state index is 13.6. The summed E-state index contributed by atoms with van der Waals surface area (Å²) in [7, 11) is -3.77. The number of hydrogen-bond donors (Lipinski definition) is 0. The van der Waals surface area contributed by atoms with Crippen molar-refractivity contribution in [2.45, 2.75) is 10.6 Å². The lowest BCUT2D eigenvalue weighted by atomic mass is 10.1. The molecule has 2 aromatic heterocycles. The van der Waals surface area contributed by atoms with Gasteiger partial charge >= 0.3 is 0 Å². The van der Waals surface area contributed by atoms with Gasteiger partial charge in [0.2, 0.25) is 0 Å². The molecule has 0 saturated carbocycles. The van der Waals surface area contributed by atoms with E-state index in [4.69, 9.17) is 23.2 Å². The molecule has 2 aromatic carbocycles. The summed E-state index contributed by atoms with van der Waals surface area (Å²) < 4.78 is 40.0. The first kappa shape index (κ1) is 22.7. The van der Waals surface area contributed by atoms with Crippen molar-refractivity contribution in [2.24, 2.45) is 0 Å². The second-order valence-corrected chi connectivity index (χ2v) is 11.4. The van der Waals surface area contributed by atoms with Gasteiger partial charge in [-0.15, -0.1) is 11.3 Å². The van der Waals surface area contributed by atoms with Crippen LogP contribution in [0.25, 0.3) is 16.5 Å². The van der Waals surface area contributed by atoms with Crippen LogP contribution >= 0.6 is 34.5 Å². The van der Waals surface area contributed by atoms with E-state index < -0.39 is 32.7 Å². The van der Waals surface area contributed by atoms with Crippen molar-refractivity contribution in [2.75, 3.05) is 5.75 Å². The van der Waals surface area contributed by atoms with Crippen molar-refractivity contribution < 1.29 is 17.6 Å². The highest BCUT2D eigenvalue weighted by Gasteiger charge is 2.21. The predicted molar refractivity (Wildman–Crippen MR) is 125 cm³/mol. The number of sulfone groups is 1. The molecule has 0 unspecified atom stereocenters. The number of pyridine rings is 1. The lowest BCUT2D eigenvalue weighted by Crippen LogP contribution is -2.19. The first-order valence-electron chi connectivity index (χ1n) is 9.23. The molecule has 0 fully saturated rings. The molecule has 0 aliphatic carbocycles. The van der Waals surface area contributed by atoms with Crippen LogP contribution in [0.1, 0.15) is 5.56 Å². The minimum Gasteiger partial charge on any atom is -0.298 e. The topological polar surface area (TPSA) is 73.2 Å². The summed E-state index contributed by atoms with van der Waals surface area (Å²) in [6.45, 7) is 0. The molecule has 0 amide bonds. The van der Waals surface area contributed by atoms with Crippen LogP contribution in [-0.2, 0) is 21.1 Å². The number of carbonyl (C=O) groups excluding carboxylic acids is 1. The van der Waals surface area contributed by atoms with Crippen LogP contribution < -0.4 is 5.56 Å². The molecule has 0 aliphatic rings. The van der Waals surface area contributed by atoms with Gasteiger partial charge in [0.25, 0.3) is 5.56 Å². The quantitative estimate of drug-likeness (QED) is 0.363. The summed E-state index contributed by atoms with van der Waals surface area (Å²) in [6.07, 6.45) is 1.39. The number of hydrogen-bond acceptors (Lipinski definition) is 5. The number of benzene rings is 2. The van der Waals surface area contributed by atoms with Crippen LogP contribution in [0.2, 0.25) is 9.36 Å². The van der Waals surface area contributed by atoms with Crippen LogP contribution in [0.5, 0.6) is 0 Å². The van der Waals surface area contributed by atoms with Crippen LogP contribution in [0.3, 0.4) is 0 Å². The van der Waals surface area contributed by atoms with Gasteiger partial charge in [-0.05, 0) is 53.4 Å². The van der Waals surface area contributed by atoms with Crippen LogP contribution in [0.15, 0.2) is 69.8 Å². The van der Waals surface area contributed by atoms with Gasteiger partial charge in [-0.25, -0.2) is 12.8 Å². The maximum atomic E-state index is 13.6. The van der Waals surface area contributed by atoms with Crippen LogP contribution in [0, 0.1) is 5.82 Å². The average molecular weight is 510 g/mol. The van der Waals surface area contributed by atoms with Crippen molar-refractivity contribution in [3.8, 4) is 5.69 Å². The number of ketones is 1. The molecule has 164 valence electrons. The van der Waals surface area contributed by atoms with E-state index in [-0.39, 0.29) is 21.0 Å². The third-order valence-corrected chi connectivity index (χ3v) is 8.54. The molecule has 0 spiro atoms. The number of thiophene rings is 1. The van der Waals surface area contributed by atoms with Gasteiger partial charge < -0.3 is 0 Å². The fourth-order valence-electron chi connectivity index (χ4n) is 3.28. The van der Waals surface area contributed by atoms with E-state index in [1.165, 1.54) is 41.1 Å². The van der Waals surface area contributed by atoms with Crippen molar-refractivity contribution in [1.29, 1.82) is 0 Å². The third-order valence-electron chi connectivity index (χ3n) is 4.75. The maximum Gasteiger partial charge on any atom is 0.263 e. The summed E-state index contributed by atoms with van der Waals surface area (Å²) in [5, 5.41) is 1.00. The predicted octanol–water partition coefficient (Wildman–Crippen LogP) is 5.08. The van der Waals surface area contributed by atoms with Gasteiger partial charge in [-0.3, -0.25) is 14.2 Å². The molecule has 5 nitrogen and oxygen atoms in total. The molecule has 32 heavy (non-hydrogen) atoms. The Hall–Kier alpha value is -2.52. The van der Waals surface area contributed by atoms with Crippen molar-refractivity contribution in [1.82, 2.24) is 4.57 Å². The molecular weight excluding hydrogens is 496 g/mol. The van der Waals surface area contributed by atoms with E-state index in [2.05, 4.69) is 0 Å². The SMILES string of the molecule is O=C(Cc1ccc(-n2ccc3ccc(F)cc3c2=O)c(Cl)c1)CS(=O)(=O)c1ccc(Cl)s1. The standard InChI is InChI=1S/C22H14Cl2FNO4S2/c23-18-10-13(9-16(27)12-32(29,30)21-6-5-20(24)31-21)1-4-19(18)26-8-7-14-2-3-15(25)11-17(14)22(26)28/h1-8,10-11H,9,12H2. The zero-order chi connectivity index (χ0) is 23.0. The molecular formula is C22H14Cl2FNO4S2. The van der Waals surface area contributed by atoms with Gasteiger partial charge in [0.05, 0.1) is 20.4 Å². The zero-order valence-electron chi connectivity index (χ0n) is 16.2. The molecule has 10 heteroatoms. The number of carbonyl (C=O) groups is 1. The normalized spacial score (nSPS) is 11.7. The second kappa shape index (κ2) is 8.78. The highest BCUT2D eigenvalue weighted by atomic mass is 35.5. The fraction of sp³-hybridized carbons (Fsp3) is 0.0909. The van der Waals surface area contributed by atoms with E-state index in [1.54, 1.807) is 18.2 Å². The first-order valence-corrected chi connectivity index (χ1v) is 12.5. The Bertz CT molecular complexity index is 1530. The summed E-state index contributed by atoms with van der Waals surface area (Å²) >= 11 is 13.0. The number of rotatable bonds is 6. The van der Waals surface area contributed by atoms with Crippen LogP contribution in [-0.4, -0.2) is 24.5 Å². The minimum absolute atomic E-state index is 0.0383. The van der Waals surface area contributed by atoms with E-state index in [0.717, 1.165) is 17.4 Å². The molecule has 0 aliphatic heterocycles. The molecule has 4 aromatic rings. The molecule has 0 radical (unpaired) electrons. The molecule has 0 atom stereocenters. The summed E-state index contributed by atoms with van der Waals surface area (Å²) in [5.74, 6) is -1.68. The number of nitrogens with zero attached hydrogens (tertiary/aromatic N) is 1. The Balaban J connectivity index is 1.58. The van der Waals surface area contributed by atoms with Crippen molar-refractivity contribution >= 4 is 60.9 Å². The van der Waals surface area contributed by atoms with Gasteiger partial charge in [0.1, 0.15) is 15.8 Å². The second-order valence-electron chi connectivity index (χ2n) is 7.04. The monoisotopic (exact) mass is 509 g/mol. The zero-order valence-corrected chi connectivity index (χ0v) is 19.4. The Labute approximate surface area is 196 Å². The Morgan fingerprint density at radius 3 is 2.50 bits per heavy atom. The van der Waals surface area contributed by atoms with Gasteiger partial charge in [0.15, 0.2) is 15.6 Å². The average Bonchev–Trinajstić information content (AvgIpc) is 3.16. The Morgan fingerprint density at radius 1 is 1.03 bits per heavy atom. The Kier molecular flexibility index (Phi) is 6.22. The fourth-order valence-corrected chi connectivity index (χ4v) is 6.39. The van der Waals surface area contributed by atoms with E-state index in [1.807, 2.05) is 0 Å². The first-order chi connectivity index (χ1) is 15.1. The van der Waals surface area contributed by atoms with E-state index in [0.29, 0.717) is 21.0 Å². The summed E-state index contributed by atoms with van der Waals surface area (Å²) in [4.78, 5) is 25.2.